The smallest absolute Gasteiger partial charge is 0.295 e. The number of likely N-dealkylation sites (tertiary alicyclic amines) is 1. The summed E-state index contributed by atoms with van der Waals surface area (Å²) in [4.78, 5) is 26.8. The van der Waals surface area contributed by atoms with Crippen molar-refractivity contribution >= 4 is 17.4 Å². The lowest BCUT2D eigenvalue weighted by Crippen LogP contribution is -2.35. The standard InChI is InChI=1S/C23H25NO4/c1-14(2)16-9-11-17(12-10-16)20-19(21(26)18-7-5-4-6-8-18)22(27)23(28)24(20)13-15(3)25/h4-12,14-15,20,25-26H,13H2,1-3H3/t15-,20+/m1/s1. The van der Waals surface area contributed by atoms with Crippen LogP contribution in [0.4, 0.5) is 0 Å². The summed E-state index contributed by atoms with van der Waals surface area (Å²) in [6.07, 6.45) is -0.799. The summed E-state index contributed by atoms with van der Waals surface area (Å²) in [7, 11) is 0. The molecule has 5 heteroatoms. The van der Waals surface area contributed by atoms with Crippen molar-refractivity contribution in [2.45, 2.75) is 38.8 Å². The van der Waals surface area contributed by atoms with E-state index >= 15 is 0 Å². The first-order valence-electron chi connectivity index (χ1n) is 9.43. The molecule has 0 saturated carbocycles. The van der Waals surface area contributed by atoms with Crippen molar-refractivity contribution in [3.05, 3.63) is 76.9 Å². The molecular formula is C23H25NO4. The maximum Gasteiger partial charge on any atom is 0.295 e. The monoisotopic (exact) mass is 379 g/mol. The Bertz CT molecular complexity index is 898. The molecule has 1 heterocycles. The van der Waals surface area contributed by atoms with Crippen LogP contribution < -0.4 is 0 Å². The van der Waals surface area contributed by atoms with Gasteiger partial charge in [-0.15, -0.1) is 0 Å². The number of carbonyl (C=O) groups excluding carboxylic acids is 2. The largest absolute Gasteiger partial charge is 0.507 e. The molecule has 3 rings (SSSR count). The number of rotatable bonds is 5. The normalized spacial score (nSPS) is 20.0. The highest BCUT2D eigenvalue weighted by Gasteiger charge is 2.46. The van der Waals surface area contributed by atoms with Crippen LogP contribution in [0, 0.1) is 0 Å². The average Bonchev–Trinajstić information content (AvgIpc) is 2.92. The number of β-amino-alcohol motifs (C(OH)–C–C–N with tert-alkyl or cyclic N) is 1. The zero-order valence-corrected chi connectivity index (χ0v) is 16.3. The van der Waals surface area contributed by atoms with Gasteiger partial charge in [0, 0.05) is 12.1 Å². The summed E-state index contributed by atoms with van der Waals surface area (Å²) in [6.45, 7) is 5.75. The molecule has 2 aromatic carbocycles. The lowest BCUT2D eigenvalue weighted by atomic mass is 9.93. The molecule has 1 aliphatic rings. The van der Waals surface area contributed by atoms with E-state index in [0.29, 0.717) is 11.5 Å². The average molecular weight is 379 g/mol. The van der Waals surface area contributed by atoms with Crippen molar-refractivity contribution in [1.82, 2.24) is 4.90 Å². The van der Waals surface area contributed by atoms with E-state index in [1.807, 2.05) is 30.3 Å². The van der Waals surface area contributed by atoms with Gasteiger partial charge in [-0.25, -0.2) is 0 Å². The predicted octanol–water partition coefficient (Wildman–Crippen LogP) is 3.61. The van der Waals surface area contributed by atoms with Crippen LogP contribution in [0.25, 0.3) is 5.76 Å². The van der Waals surface area contributed by atoms with Crippen LogP contribution in [0.2, 0.25) is 0 Å². The van der Waals surface area contributed by atoms with E-state index in [1.54, 1.807) is 31.2 Å². The second kappa shape index (κ2) is 7.98. The summed E-state index contributed by atoms with van der Waals surface area (Å²) in [6, 6.07) is 15.6. The maximum atomic E-state index is 12.8. The van der Waals surface area contributed by atoms with E-state index in [-0.39, 0.29) is 17.9 Å². The van der Waals surface area contributed by atoms with Gasteiger partial charge < -0.3 is 15.1 Å². The minimum atomic E-state index is -0.799. The van der Waals surface area contributed by atoms with E-state index in [9.17, 15) is 19.8 Å². The number of aliphatic hydroxyl groups is 2. The van der Waals surface area contributed by atoms with Gasteiger partial charge in [-0.3, -0.25) is 9.59 Å². The van der Waals surface area contributed by atoms with Gasteiger partial charge in [0.15, 0.2) is 0 Å². The van der Waals surface area contributed by atoms with Crippen molar-refractivity contribution in [3.8, 4) is 0 Å². The molecule has 0 unspecified atom stereocenters. The topological polar surface area (TPSA) is 77.8 Å². The van der Waals surface area contributed by atoms with Crippen LogP contribution in [0.1, 0.15) is 49.4 Å². The van der Waals surface area contributed by atoms with E-state index < -0.39 is 23.8 Å². The number of amides is 1. The lowest BCUT2D eigenvalue weighted by molar-refractivity contribution is -0.140. The van der Waals surface area contributed by atoms with Crippen molar-refractivity contribution in [2.24, 2.45) is 0 Å². The number of Topliss-reactive ketones (excluding diaryl/α,β-unsaturated/α-hetero) is 1. The molecular weight excluding hydrogens is 354 g/mol. The molecule has 0 bridgehead atoms. The van der Waals surface area contributed by atoms with Gasteiger partial charge in [-0.05, 0) is 24.0 Å². The van der Waals surface area contributed by atoms with Crippen LogP contribution in [0.15, 0.2) is 60.2 Å². The summed E-state index contributed by atoms with van der Waals surface area (Å²) in [5, 5.41) is 20.7. The molecule has 1 saturated heterocycles. The zero-order valence-electron chi connectivity index (χ0n) is 16.3. The van der Waals surface area contributed by atoms with E-state index in [4.69, 9.17) is 0 Å². The van der Waals surface area contributed by atoms with Gasteiger partial charge in [0.05, 0.1) is 17.7 Å². The molecule has 1 amide bonds. The van der Waals surface area contributed by atoms with Crippen LogP contribution in [0.3, 0.4) is 0 Å². The highest BCUT2D eigenvalue weighted by atomic mass is 16.3. The number of hydrogen-bond donors (Lipinski definition) is 2. The molecule has 1 aliphatic heterocycles. The van der Waals surface area contributed by atoms with Crippen LogP contribution >= 0.6 is 0 Å². The third kappa shape index (κ3) is 3.71. The number of hydrogen-bond acceptors (Lipinski definition) is 4. The van der Waals surface area contributed by atoms with E-state index in [1.165, 1.54) is 4.90 Å². The van der Waals surface area contributed by atoms with Gasteiger partial charge in [0.1, 0.15) is 5.76 Å². The fourth-order valence-electron chi connectivity index (χ4n) is 3.51. The Morgan fingerprint density at radius 1 is 1.00 bits per heavy atom. The van der Waals surface area contributed by atoms with Gasteiger partial charge in [0.25, 0.3) is 11.7 Å². The lowest BCUT2D eigenvalue weighted by Gasteiger charge is -2.26. The molecule has 5 nitrogen and oxygen atoms in total. The van der Waals surface area contributed by atoms with E-state index in [0.717, 1.165) is 11.1 Å². The van der Waals surface area contributed by atoms with E-state index in [2.05, 4.69) is 13.8 Å². The second-order valence-corrected chi connectivity index (χ2v) is 7.49. The molecule has 2 N–H and O–H groups in total. The predicted molar refractivity (Wildman–Crippen MR) is 108 cm³/mol. The fourth-order valence-corrected chi connectivity index (χ4v) is 3.51. The number of ketones is 1. The Hall–Kier alpha value is -2.92. The highest BCUT2D eigenvalue weighted by molar-refractivity contribution is 6.46. The summed E-state index contributed by atoms with van der Waals surface area (Å²) < 4.78 is 0. The molecule has 0 spiro atoms. The summed E-state index contributed by atoms with van der Waals surface area (Å²) in [5.41, 5.74) is 2.39. The van der Waals surface area contributed by atoms with Crippen molar-refractivity contribution < 1.29 is 19.8 Å². The second-order valence-electron chi connectivity index (χ2n) is 7.49. The Morgan fingerprint density at radius 3 is 2.14 bits per heavy atom. The first-order valence-corrected chi connectivity index (χ1v) is 9.43. The third-order valence-electron chi connectivity index (χ3n) is 4.97. The molecule has 2 aromatic rings. The molecule has 28 heavy (non-hydrogen) atoms. The molecule has 146 valence electrons. The number of benzene rings is 2. The van der Waals surface area contributed by atoms with Crippen LogP contribution in [-0.2, 0) is 9.59 Å². The summed E-state index contributed by atoms with van der Waals surface area (Å²) in [5.74, 6) is -1.30. The van der Waals surface area contributed by atoms with Crippen molar-refractivity contribution in [2.75, 3.05) is 6.54 Å². The number of nitrogens with zero attached hydrogens (tertiary/aromatic N) is 1. The van der Waals surface area contributed by atoms with Gasteiger partial charge in [-0.2, -0.15) is 0 Å². The minimum Gasteiger partial charge on any atom is -0.507 e. The quantitative estimate of drug-likeness (QED) is 0.473. The van der Waals surface area contributed by atoms with Gasteiger partial charge in [0.2, 0.25) is 0 Å². The van der Waals surface area contributed by atoms with Gasteiger partial charge in [-0.1, -0.05) is 68.4 Å². The zero-order chi connectivity index (χ0) is 20.4. The Labute approximate surface area is 164 Å². The first kappa shape index (κ1) is 19.8. The third-order valence-corrected chi connectivity index (χ3v) is 4.97. The maximum absolute atomic E-state index is 12.8. The van der Waals surface area contributed by atoms with Crippen molar-refractivity contribution in [3.63, 3.8) is 0 Å². The highest BCUT2D eigenvalue weighted by Crippen LogP contribution is 2.39. The number of aliphatic hydroxyl groups excluding tert-OH is 2. The molecule has 0 aliphatic carbocycles. The van der Waals surface area contributed by atoms with Crippen LogP contribution in [0.5, 0.6) is 0 Å². The number of carbonyl (C=O) groups is 2. The van der Waals surface area contributed by atoms with Crippen molar-refractivity contribution in [1.29, 1.82) is 0 Å². The minimum absolute atomic E-state index is 0.00669. The Morgan fingerprint density at radius 2 is 1.61 bits per heavy atom. The Kier molecular flexibility index (Phi) is 5.66. The van der Waals surface area contributed by atoms with Crippen LogP contribution in [-0.4, -0.2) is 39.5 Å². The van der Waals surface area contributed by atoms with Gasteiger partial charge >= 0.3 is 0 Å². The molecule has 1 fully saturated rings. The Balaban J connectivity index is 2.15. The SMILES string of the molecule is CC(C)c1ccc([C@H]2C(=C(O)c3ccccc3)C(=O)C(=O)N2C[C@@H](C)O)cc1. The molecule has 2 atom stereocenters. The molecule has 0 aromatic heterocycles. The molecule has 0 radical (unpaired) electrons. The fraction of sp³-hybridized carbons (Fsp3) is 0.304. The summed E-state index contributed by atoms with van der Waals surface area (Å²) >= 11 is 0. The first-order chi connectivity index (χ1) is 13.3.